The van der Waals surface area contributed by atoms with E-state index in [1.165, 1.54) is 42.8 Å². The van der Waals surface area contributed by atoms with Crippen LogP contribution in [0.5, 0.6) is 0 Å². The Bertz CT molecular complexity index is 337. The molecule has 1 aromatic rings. The van der Waals surface area contributed by atoms with Gasteiger partial charge in [-0.25, -0.2) is 4.98 Å². The summed E-state index contributed by atoms with van der Waals surface area (Å²) in [6.07, 6.45) is 6.53. The van der Waals surface area contributed by atoms with E-state index in [0.29, 0.717) is 5.92 Å². The van der Waals surface area contributed by atoms with Gasteiger partial charge < -0.3 is 5.32 Å². The maximum Gasteiger partial charge on any atom is 0.113 e. The summed E-state index contributed by atoms with van der Waals surface area (Å²) in [6, 6.07) is 0. The number of hydrogen-bond donors (Lipinski definition) is 1. The number of rotatable bonds is 3. The fourth-order valence-corrected chi connectivity index (χ4v) is 3.74. The molecule has 1 aliphatic rings. The number of thiazole rings is 1. The molecule has 1 fully saturated rings. The Morgan fingerprint density at radius 2 is 2.00 bits per heavy atom. The fourth-order valence-electron chi connectivity index (χ4n) is 2.50. The first-order valence-electron chi connectivity index (χ1n) is 6.33. The minimum Gasteiger partial charge on any atom is -0.308 e. The van der Waals surface area contributed by atoms with E-state index in [-0.39, 0.29) is 5.54 Å². The van der Waals surface area contributed by atoms with Crippen molar-refractivity contribution in [1.82, 2.24) is 10.3 Å². The fraction of sp³-hybridized carbons (Fsp3) is 0.769. The topological polar surface area (TPSA) is 24.9 Å². The van der Waals surface area contributed by atoms with Crippen LogP contribution in [0, 0.1) is 0 Å². The molecule has 0 unspecified atom stereocenters. The third kappa shape index (κ3) is 2.16. The van der Waals surface area contributed by atoms with Gasteiger partial charge in [0.15, 0.2) is 0 Å². The van der Waals surface area contributed by atoms with Gasteiger partial charge in [-0.3, -0.25) is 0 Å². The Morgan fingerprint density at radius 3 is 2.50 bits per heavy atom. The van der Waals surface area contributed by atoms with Crippen molar-refractivity contribution in [2.24, 2.45) is 0 Å². The second-order valence-corrected chi connectivity index (χ2v) is 5.98. The van der Waals surface area contributed by atoms with E-state index in [2.05, 4.69) is 31.6 Å². The molecule has 16 heavy (non-hydrogen) atoms. The molecular weight excluding hydrogens is 216 g/mol. The van der Waals surface area contributed by atoms with Crippen LogP contribution < -0.4 is 5.32 Å². The zero-order valence-corrected chi connectivity index (χ0v) is 11.4. The quantitative estimate of drug-likeness (QED) is 0.869. The Morgan fingerprint density at radius 1 is 1.31 bits per heavy atom. The Hall–Kier alpha value is -0.410. The largest absolute Gasteiger partial charge is 0.308 e. The zero-order chi connectivity index (χ0) is 11.6. The Balaban J connectivity index is 2.25. The lowest BCUT2D eigenvalue weighted by atomic mass is 9.82. The molecule has 0 atom stereocenters. The van der Waals surface area contributed by atoms with Gasteiger partial charge in [0.1, 0.15) is 5.01 Å². The van der Waals surface area contributed by atoms with Crippen molar-refractivity contribution in [2.45, 2.75) is 57.4 Å². The molecule has 90 valence electrons. The highest BCUT2D eigenvalue weighted by molar-refractivity contribution is 7.09. The van der Waals surface area contributed by atoms with Gasteiger partial charge in [0.2, 0.25) is 0 Å². The molecule has 1 heterocycles. The second-order valence-electron chi connectivity index (χ2n) is 5.12. The lowest BCUT2D eigenvalue weighted by Gasteiger charge is -2.35. The summed E-state index contributed by atoms with van der Waals surface area (Å²) in [7, 11) is 2.09. The van der Waals surface area contributed by atoms with Crippen molar-refractivity contribution in [1.29, 1.82) is 0 Å². The maximum absolute atomic E-state index is 4.83. The van der Waals surface area contributed by atoms with Gasteiger partial charge in [-0.2, -0.15) is 0 Å². The second kappa shape index (κ2) is 4.84. The van der Waals surface area contributed by atoms with E-state index in [4.69, 9.17) is 4.98 Å². The molecule has 0 aliphatic heterocycles. The SMILES string of the molecule is CNC1(c2nc(C(C)C)cs2)CCCCC1. The molecule has 0 amide bonds. The van der Waals surface area contributed by atoms with E-state index in [0.717, 1.165) is 0 Å². The molecule has 0 aromatic carbocycles. The molecule has 3 heteroatoms. The number of nitrogens with zero attached hydrogens (tertiary/aromatic N) is 1. The first-order chi connectivity index (χ1) is 7.68. The van der Waals surface area contributed by atoms with Crippen molar-refractivity contribution in [3.8, 4) is 0 Å². The predicted molar refractivity (Wildman–Crippen MR) is 70.0 cm³/mol. The number of nitrogens with one attached hydrogen (secondary N) is 1. The van der Waals surface area contributed by atoms with Crippen molar-refractivity contribution >= 4 is 11.3 Å². The molecule has 2 nitrogen and oxygen atoms in total. The summed E-state index contributed by atoms with van der Waals surface area (Å²) < 4.78 is 0. The molecule has 1 N–H and O–H groups in total. The third-order valence-electron chi connectivity index (χ3n) is 3.71. The van der Waals surface area contributed by atoms with Gasteiger partial charge in [-0.1, -0.05) is 33.1 Å². The van der Waals surface area contributed by atoms with Crippen molar-refractivity contribution < 1.29 is 0 Å². The smallest absolute Gasteiger partial charge is 0.113 e. The van der Waals surface area contributed by atoms with Crippen molar-refractivity contribution in [3.63, 3.8) is 0 Å². The molecule has 0 radical (unpaired) electrons. The highest BCUT2D eigenvalue weighted by Crippen LogP contribution is 2.38. The molecule has 0 bridgehead atoms. The molecule has 1 saturated carbocycles. The molecule has 1 aromatic heterocycles. The monoisotopic (exact) mass is 238 g/mol. The van der Waals surface area contributed by atoms with Gasteiger partial charge in [-0.05, 0) is 25.8 Å². The van der Waals surface area contributed by atoms with Crippen LogP contribution in [-0.4, -0.2) is 12.0 Å². The summed E-state index contributed by atoms with van der Waals surface area (Å²) in [6.45, 7) is 4.43. The number of hydrogen-bond acceptors (Lipinski definition) is 3. The average molecular weight is 238 g/mol. The lowest BCUT2D eigenvalue weighted by molar-refractivity contribution is 0.249. The van der Waals surface area contributed by atoms with Gasteiger partial charge in [0.25, 0.3) is 0 Å². The number of aromatic nitrogens is 1. The summed E-state index contributed by atoms with van der Waals surface area (Å²) >= 11 is 1.83. The van der Waals surface area contributed by atoms with Crippen LogP contribution >= 0.6 is 11.3 Å². The van der Waals surface area contributed by atoms with E-state index in [9.17, 15) is 0 Å². The van der Waals surface area contributed by atoms with E-state index >= 15 is 0 Å². The van der Waals surface area contributed by atoms with Crippen LogP contribution in [0.2, 0.25) is 0 Å². The third-order valence-corrected chi connectivity index (χ3v) is 4.77. The maximum atomic E-state index is 4.83. The van der Waals surface area contributed by atoms with Crippen molar-refractivity contribution in [3.05, 3.63) is 16.1 Å². The summed E-state index contributed by atoms with van der Waals surface area (Å²) in [5.41, 5.74) is 1.43. The van der Waals surface area contributed by atoms with Crippen LogP contribution in [0.3, 0.4) is 0 Å². The molecule has 0 saturated heterocycles. The van der Waals surface area contributed by atoms with Crippen LogP contribution in [0.1, 0.15) is 62.6 Å². The Kier molecular flexibility index (Phi) is 3.65. The van der Waals surface area contributed by atoms with E-state index < -0.39 is 0 Å². The van der Waals surface area contributed by atoms with Gasteiger partial charge in [0, 0.05) is 5.38 Å². The molecule has 1 aliphatic carbocycles. The van der Waals surface area contributed by atoms with Crippen LogP contribution in [-0.2, 0) is 5.54 Å². The van der Waals surface area contributed by atoms with Crippen LogP contribution in [0.15, 0.2) is 5.38 Å². The minimum absolute atomic E-state index is 0.177. The van der Waals surface area contributed by atoms with Crippen LogP contribution in [0.4, 0.5) is 0 Å². The summed E-state index contributed by atoms with van der Waals surface area (Å²) in [4.78, 5) is 4.83. The zero-order valence-electron chi connectivity index (χ0n) is 10.5. The van der Waals surface area contributed by atoms with Gasteiger partial charge >= 0.3 is 0 Å². The average Bonchev–Trinajstić information content (AvgIpc) is 2.80. The standard InChI is InChI=1S/C13H22N2S/c1-10(2)11-9-16-12(15-11)13(14-3)7-5-4-6-8-13/h9-10,14H,4-8H2,1-3H3. The Labute approximate surface area is 102 Å². The highest BCUT2D eigenvalue weighted by Gasteiger charge is 2.34. The first-order valence-corrected chi connectivity index (χ1v) is 7.21. The highest BCUT2D eigenvalue weighted by atomic mass is 32.1. The first kappa shape index (κ1) is 12.1. The summed E-state index contributed by atoms with van der Waals surface area (Å²) in [5, 5.41) is 7.07. The normalized spacial score (nSPS) is 20.2. The van der Waals surface area contributed by atoms with E-state index in [1.54, 1.807) is 0 Å². The molecule has 2 rings (SSSR count). The van der Waals surface area contributed by atoms with Crippen LogP contribution in [0.25, 0.3) is 0 Å². The summed E-state index contributed by atoms with van der Waals surface area (Å²) in [5.74, 6) is 0.544. The lowest BCUT2D eigenvalue weighted by Crippen LogP contribution is -2.41. The molecule has 0 spiro atoms. The predicted octanol–water partition coefficient (Wildman–Crippen LogP) is 3.65. The van der Waals surface area contributed by atoms with Gasteiger partial charge in [-0.15, -0.1) is 11.3 Å². The minimum atomic E-state index is 0.177. The molecular formula is C13H22N2S. The van der Waals surface area contributed by atoms with Crippen molar-refractivity contribution in [2.75, 3.05) is 7.05 Å². The van der Waals surface area contributed by atoms with Gasteiger partial charge in [0.05, 0.1) is 11.2 Å². The van der Waals surface area contributed by atoms with E-state index in [1.807, 2.05) is 11.3 Å².